The van der Waals surface area contributed by atoms with Crippen LogP contribution in [0.1, 0.15) is 51.7 Å². The highest BCUT2D eigenvalue weighted by atomic mass is 32.2. The third-order valence-corrected chi connectivity index (χ3v) is 7.60. The van der Waals surface area contributed by atoms with Crippen LogP contribution in [-0.2, 0) is 22.4 Å². The number of thioether (sulfide) groups is 1. The summed E-state index contributed by atoms with van der Waals surface area (Å²) in [5.74, 6) is -0.250. The van der Waals surface area contributed by atoms with Crippen LogP contribution in [0.2, 0.25) is 0 Å². The van der Waals surface area contributed by atoms with Gasteiger partial charge in [0.1, 0.15) is 5.00 Å². The predicted octanol–water partition coefficient (Wildman–Crippen LogP) is 5.70. The Balaban J connectivity index is 1.51. The number of aromatic nitrogens is 1. The van der Waals surface area contributed by atoms with Crippen LogP contribution >= 0.6 is 23.1 Å². The van der Waals surface area contributed by atoms with Gasteiger partial charge in [-0.3, -0.25) is 4.79 Å². The summed E-state index contributed by atoms with van der Waals surface area (Å²) < 4.78 is 5.27. The standard InChI is InChI=1S/C24H26N2O3S2/c1-4-29-24(28)21-17-9-5-6-11-18(17)31-23(21)25-19(27)13-30-20-12-15(3)16-10-7-8-14(2)22(16)26-20/h7-8,10,12H,4-6,9,11,13H2,1-3H3,(H,25,27). The predicted molar refractivity (Wildman–Crippen MR) is 127 cm³/mol. The molecule has 0 unspecified atom stereocenters. The first-order chi connectivity index (χ1) is 15.0. The van der Waals surface area contributed by atoms with Gasteiger partial charge in [0.05, 0.1) is 28.5 Å². The van der Waals surface area contributed by atoms with Crippen molar-refractivity contribution in [3.63, 3.8) is 0 Å². The molecule has 5 nitrogen and oxygen atoms in total. The Morgan fingerprint density at radius 2 is 2.00 bits per heavy atom. The topological polar surface area (TPSA) is 68.3 Å². The maximum Gasteiger partial charge on any atom is 0.341 e. The van der Waals surface area contributed by atoms with Crippen LogP contribution in [0.25, 0.3) is 10.9 Å². The van der Waals surface area contributed by atoms with Crippen molar-refractivity contribution >= 4 is 50.9 Å². The zero-order chi connectivity index (χ0) is 22.0. The molecule has 2 aromatic heterocycles. The van der Waals surface area contributed by atoms with Gasteiger partial charge in [0, 0.05) is 10.3 Å². The number of nitrogens with zero attached hydrogens (tertiary/aromatic N) is 1. The largest absolute Gasteiger partial charge is 0.462 e. The van der Waals surface area contributed by atoms with E-state index in [0.717, 1.165) is 58.3 Å². The molecule has 1 aromatic carbocycles. The monoisotopic (exact) mass is 454 g/mol. The molecule has 1 aliphatic rings. The fraction of sp³-hybridized carbons (Fsp3) is 0.375. The molecule has 1 aliphatic carbocycles. The minimum absolute atomic E-state index is 0.140. The molecule has 31 heavy (non-hydrogen) atoms. The second kappa shape index (κ2) is 9.40. The molecule has 0 atom stereocenters. The van der Waals surface area contributed by atoms with Crippen LogP contribution < -0.4 is 5.32 Å². The van der Waals surface area contributed by atoms with Crippen LogP contribution in [-0.4, -0.2) is 29.2 Å². The number of amides is 1. The molecule has 4 rings (SSSR count). The van der Waals surface area contributed by atoms with Gasteiger partial charge < -0.3 is 10.1 Å². The summed E-state index contributed by atoms with van der Waals surface area (Å²) in [6.45, 7) is 6.23. The quantitative estimate of drug-likeness (QED) is 0.382. The minimum atomic E-state index is -0.341. The zero-order valence-electron chi connectivity index (χ0n) is 18.0. The van der Waals surface area contributed by atoms with Crippen molar-refractivity contribution in [2.24, 2.45) is 0 Å². The lowest BCUT2D eigenvalue weighted by atomic mass is 9.95. The maximum atomic E-state index is 12.7. The molecule has 0 spiro atoms. The number of aryl methyl sites for hydroxylation is 3. The number of thiophene rings is 1. The van der Waals surface area contributed by atoms with Crippen LogP contribution in [0, 0.1) is 13.8 Å². The Morgan fingerprint density at radius 1 is 1.19 bits per heavy atom. The second-order valence-corrected chi connectivity index (χ2v) is 9.82. The Hall–Kier alpha value is -2.38. The number of para-hydroxylation sites is 1. The second-order valence-electron chi connectivity index (χ2n) is 7.72. The lowest BCUT2D eigenvalue weighted by Gasteiger charge is -2.12. The Labute approximate surface area is 190 Å². The van der Waals surface area contributed by atoms with E-state index in [9.17, 15) is 9.59 Å². The van der Waals surface area contributed by atoms with E-state index >= 15 is 0 Å². The summed E-state index contributed by atoms with van der Waals surface area (Å²) in [5, 5.41) is 5.55. The van der Waals surface area contributed by atoms with Crippen molar-refractivity contribution in [1.29, 1.82) is 0 Å². The van der Waals surface area contributed by atoms with Crippen LogP contribution in [0.3, 0.4) is 0 Å². The van der Waals surface area contributed by atoms with E-state index in [-0.39, 0.29) is 17.6 Å². The third kappa shape index (κ3) is 4.62. The summed E-state index contributed by atoms with van der Waals surface area (Å²) in [4.78, 5) is 31.3. The average Bonchev–Trinajstić information content (AvgIpc) is 3.11. The summed E-state index contributed by atoms with van der Waals surface area (Å²) >= 11 is 2.92. The minimum Gasteiger partial charge on any atom is -0.462 e. The van der Waals surface area contributed by atoms with Gasteiger partial charge in [-0.25, -0.2) is 9.78 Å². The van der Waals surface area contributed by atoms with Crippen LogP contribution in [0.15, 0.2) is 29.3 Å². The highest BCUT2D eigenvalue weighted by Gasteiger charge is 2.27. The van der Waals surface area contributed by atoms with E-state index in [0.29, 0.717) is 17.2 Å². The first-order valence-electron chi connectivity index (χ1n) is 10.6. The zero-order valence-corrected chi connectivity index (χ0v) is 19.7. The highest BCUT2D eigenvalue weighted by Crippen LogP contribution is 2.38. The Kier molecular flexibility index (Phi) is 6.62. The number of benzene rings is 1. The van der Waals surface area contributed by atoms with E-state index in [1.54, 1.807) is 6.92 Å². The molecule has 0 bridgehead atoms. The number of carbonyl (C=O) groups excluding carboxylic acids is 2. The first kappa shape index (κ1) is 21.8. The number of nitrogens with one attached hydrogen (secondary N) is 1. The molecule has 3 aromatic rings. The number of anilines is 1. The van der Waals surface area contributed by atoms with E-state index in [1.165, 1.54) is 28.0 Å². The number of esters is 1. The SMILES string of the molecule is CCOC(=O)c1c(NC(=O)CSc2cc(C)c3cccc(C)c3n2)sc2c1CCCC2. The Bertz CT molecular complexity index is 1150. The maximum absolute atomic E-state index is 12.7. The molecular weight excluding hydrogens is 428 g/mol. The number of hydrogen-bond acceptors (Lipinski definition) is 6. The van der Waals surface area contributed by atoms with Crippen molar-refractivity contribution in [2.75, 3.05) is 17.7 Å². The summed E-state index contributed by atoms with van der Waals surface area (Å²) in [6, 6.07) is 8.18. The van der Waals surface area contributed by atoms with E-state index in [2.05, 4.69) is 18.3 Å². The van der Waals surface area contributed by atoms with Gasteiger partial charge in [-0.05, 0) is 69.2 Å². The van der Waals surface area contributed by atoms with Crippen molar-refractivity contribution in [1.82, 2.24) is 4.98 Å². The first-order valence-corrected chi connectivity index (χ1v) is 12.4. The number of pyridine rings is 1. The van der Waals surface area contributed by atoms with Crippen molar-refractivity contribution in [2.45, 2.75) is 51.5 Å². The molecule has 0 saturated carbocycles. The van der Waals surface area contributed by atoms with Gasteiger partial charge in [0.15, 0.2) is 0 Å². The molecule has 0 radical (unpaired) electrons. The fourth-order valence-corrected chi connectivity index (χ4v) is 6.04. The van der Waals surface area contributed by atoms with Crippen LogP contribution in [0.4, 0.5) is 5.00 Å². The van der Waals surface area contributed by atoms with Gasteiger partial charge in [-0.1, -0.05) is 30.0 Å². The highest BCUT2D eigenvalue weighted by molar-refractivity contribution is 7.99. The third-order valence-electron chi connectivity index (χ3n) is 5.48. The lowest BCUT2D eigenvalue weighted by Crippen LogP contribution is -2.17. The van der Waals surface area contributed by atoms with Gasteiger partial charge in [0.25, 0.3) is 0 Å². The van der Waals surface area contributed by atoms with E-state index in [4.69, 9.17) is 9.72 Å². The summed E-state index contributed by atoms with van der Waals surface area (Å²) in [6.07, 6.45) is 4.00. The van der Waals surface area contributed by atoms with Gasteiger partial charge in [-0.15, -0.1) is 11.3 Å². The molecule has 2 heterocycles. The van der Waals surface area contributed by atoms with Gasteiger partial charge in [-0.2, -0.15) is 0 Å². The smallest absolute Gasteiger partial charge is 0.341 e. The molecule has 0 aliphatic heterocycles. The molecule has 0 fully saturated rings. The van der Waals surface area contributed by atoms with E-state index < -0.39 is 0 Å². The molecule has 7 heteroatoms. The summed E-state index contributed by atoms with van der Waals surface area (Å²) in [7, 11) is 0. The summed E-state index contributed by atoms with van der Waals surface area (Å²) in [5.41, 5.74) is 4.85. The van der Waals surface area contributed by atoms with Crippen molar-refractivity contribution in [3.05, 3.63) is 51.4 Å². The average molecular weight is 455 g/mol. The van der Waals surface area contributed by atoms with Crippen molar-refractivity contribution in [3.8, 4) is 0 Å². The fourth-order valence-electron chi connectivity index (χ4n) is 3.98. The van der Waals surface area contributed by atoms with Crippen LogP contribution in [0.5, 0.6) is 0 Å². The van der Waals surface area contributed by atoms with E-state index in [1.807, 2.05) is 25.1 Å². The normalized spacial score (nSPS) is 13.1. The van der Waals surface area contributed by atoms with Gasteiger partial charge in [0.2, 0.25) is 5.91 Å². The van der Waals surface area contributed by atoms with Gasteiger partial charge >= 0.3 is 5.97 Å². The number of carbonyl (C=O) groups is 2. The molecule has 1 amide bonds. The number of ether oxygens (including phenoxy) is 1. The molecule has 1 N–H and O–H groups in total. The number of hydrogen-bond donors (Lipinski definition) is 1. The Morgan fingerprint density at radius 3 is 2.81 bits per heavy atom. The number of rotatable bonds is 6. The number of fused-ring (bicyclic) bond motifs is 2. The lowest BCUT2D eigenvalue weighted by molar-refractivity contribution is -0.113. The molecular formula is C24H26N2O3S2. The molecule has 162 valence electrons. The van der Waals surface area contributed by atoms with Crippen molar-refractivity contribution < 1.29 is 14.3 Å². The molecule has 0 saturated heterocycles.